The maximum Gasteiger partial charge on any atom is 0.191 e. The maximum atomic E-state index is 5.97. The van der Waals surface area contributed by atoms with Crippen LogP contribution in [0.3, 0.4) is 0 Å². The van der Waals surface area contributed by atoms with E-state index in [9.17, 15) is 0 Å². The number of hydrogen-bond acceptors (Lipinski definition) is 1. The smallest absolute Gasteiger partial charge is 0.191 e. The fourth-order valence-corrected chi connectivity index (χ4v) is 2.37. The molecule has 4 heteroatoms. The number of likely N-dealkylation sites (tertiary alicyclic amines) is 1. The molecule has 2 rings (SSSR count). The van der Waals surface area contributed by atoms with E-state index in [1.165, 1.54) is 44.9 Å². The second kappa shape index (κ2) is 7.35. The summed E-state index contributed by atoms with van der Waals surface area (Å²) in [6.07, 6.45) is 9.41. The number of rotatable bonds is 3. The Labute approximate surface area is 116 Å². The first-order valence-corrected chi connectivity index (χ1v) is 6.41. The lowest BCUT2D eigenvalue weighted by molar-refractivity contribution is 0.298. The van der Waals surface area contributed by atoms with Crippen LogP contribution in [0.25, 0.3) is 0 Å². The Kier molecular flexibility index (Phi) is 6.46. The van der Waals surface area contributed by atoms with Gasteiger partial charge in [0.25, 0.3) is 0 Å². The number of hydrogen-bond donors (Lipinski definition) is 1. The van der Waals surface area contributed by atoms with Crippen LogP contribution in [0, 0.1) is 5.92 Å². The second-order valence-electron chi connectivity index (χ2n) is 4.87. The molecule has 1 saturated heterocycles. The SMILES string of the molecule is I.NC(=NCCC1CCC1)N1CCCCC1. The molecule has 16 heavy (non-hydrogen) atoms. The first-order chi connectivity index (χ1) is 7.36. The first kappa shape index (κ1) is 14.1. The zero-order chi connectivity index (χ0) is 10.5. The first-order valence-electron chi connectivity index (χ1n) is 6.41. The second-order valence-corrected chi connectivity index (χ2v) is 4.87. The standard InChI is InChI=1S/C12H23N3.HI/c13-12(15-9-2-1-3-10-15)14-8-7-11-5-4-6-11;/h11H,1-10H2,(H2,13,14);1H. The highest BCUT2D eigenvalue weighted by Gasteiger charge is 2.17. The van der Waals surface area contributed by atoms with Gasteiger partial charge in [-0.3, -0.25) is 4.99 Å². The molecule has 2 fully saturated rings. The summed E-state index contributed by atoms with van der Waals surface area (Å²) >= 11 is 0. The molecule has 2 aliphatic rings. The lowest BCUT2D eigenvalue weighted by Crippen LogP contribution is -2.41. The van der Waals surface area contributed by atoms with Crippen molar-refractivity contribution in [2.45, 2.75) is 44.9 Å². The monoisotopic (exact) mass is 337 g/mol. The Morgan fingerprint density at radius 1 is 1.12 bits per heavy atom. The molecule has 0 radical (unpaired) electrons. The molecule has 94 valence electrons. The largest absolute Gasteiger partial charge is 0.370 e. The van der Waals surface area contributed by atoms with Crippen molar-refractivity contribution in [2.24, 2.45) is 16.6 Å². The molecule has 3 nitrogen and oxygen atoms in total. The van der Waals surface area contributed by atoms with Crippen LogP contribution in [0.5, 0.6) is 0 Å². The van der Waals surface area contributed by atoms with E-state index in [1.807, 2.05) is 0 Å². The van der Waals surface area contributed by atoms with Gasteiger partial charge in [-0.2, -0.15) is 0 Å². The van der Waals surface area contributed by atoms with E-state index < -0.39 is 0 Å². The molecule has 0 aromatic carbocycles. The van der Waals surface area contributed by atoms with Crippen LogP contribution < -0.4 is 5.73 Å². The quantitative estimate of drug-likeness (QED) is 0.489. The van der Waals surface area contributed by atoms with E-state index in [1.54, 1.807) is 0 Å². The van der Waals surface area contributed by atoms with Gasteiger partial charge in [-0.25, -0.2) is 0 Å². The average molecular weight is 337 g/mol. The summed E-state index contributed by atoms with van der Waals surface area (Å²) in [6.45, 7) is 3.16. The Hall–Kier alpha value is 0. The van der Waals surface area contributed by atoms with E-state index >= 15 is 0 Å². The summed E-state index contributed by atoms with van der Waals surface area (Å²) in [5, 5.41) is 0. The lowest BCUT2D eigenvalue weighted by Gasteiger charge is -2.28. The lowest BCUT2D eigenvalue weighted by atomic mass is 9.83. The van der Waals surface area contributed by atoms with Crippen LogP contribution in [0.15, 0.2) is 4.99 Å². The molecule has 1 aliphatic heterocycles. The van der Waals surface area contributed by atoms with Gasteiger partial charge < -0.3 is 10.6 Å². The summed E-state index contributed by atoms with van der Waals surface area (Å²) in [5.74, 6) is 1.73. The number of piperidine rings is 1. The van der Waals surface area contributed by atoms with Crippen LogP contribution in [0.4, 0.5) is 0 Å². The van der Waals surface area contributed by atoms with E-state index in [2.05, 4.69) is 9.89 Å². The predicted molar refractivity (Wildman–Crippen MR) is 79.3 cm³/mol. The Balaban J connectivity index is 0.00000128. The summed E-state index contributed by atoms with van der Waals surface area (Å²) in [5.41, 5.74) is 5.97. The van der Waals surface area contributed by atoms with Crippen molar-refractivity contribution in [2.75, 3.05) is 19.6 Å². The number of aliphatic imine (C=N–C) groups is 1. The average Bonchev–Trinajstić information content (AvgIpc) is 2.23. The molecule has 0 aromatic heterocycles. The number of guanidine groups is 1. The summed E-state index contributed by atoms with van der Waals surface area (Å²) in [4.78, 5) is 6.73. The van der Waals surface area contributed by atoms with E-state index in [4.69, 9.17) is 5.73 Å². The zero-order valence-corrected chi connectivity index (χ0v) is 12.4. The number of nitrogens with zero attached hydrogens (tertiary/aromatic N) is 2. The van der Waals surface area contributed by atoms with Crippen molar-refractivity contribution < 1.29 is 0 Å². The number of halogens is 1. The molecular formula is C12H24IN3. The van der Waals surface area contributed by atoms with Crippen LogP contribution >= 0.6 is 24.0 Å². The highest BCUT2D eigenvalue weighted by Crippen LogP contribution is 2.29. The van der Waals surface area contributed by atoms with Crippen LogP contribution in [-0.4, -0.2) is 30.5 Å². The van der Waals surface area contributed by atoms with Crippen LogP contribution in [-0.2, 0) is 0 Å². The Bertz CT molecular complexity index is 220. The molecule has 0 aromatic rings. The number of nitrogens with two attached hydrogens (primary N) is 1. The van der Waals surface area contributed by atoms with Crippen molar-refractivity contribution in [1.82, 2.24) is 4.90 Å². The minimum absolute atomic E-state index is 0. The third-order valence-corrected chi connectivity index (χ3v) is 3.72. The van der Waals surface area contributed by atoms with E-state index in [0.29, 0.717) is 0 Å². The topological polar surface area (TPSA) is 41.6 Å². The van der Waals surface area contributed by atoms with Crippen LogP contribution in [0.1, 0.15) is 44.9 Å². The van der Waals surface area contributed by atoms with Gasteiger partial charge in [-0.05, 0) is 31.6 Å². The van der Waals surface area contributed by atoms with Gasteiger partial charge in [0.15, 0.2) is 5.96 Å². The van der Waals surface area contributed by atoms with Crippen molar-refractivity contribution in [3.63, 3.8) is 0 Å². The third kappa shape index (κ3) is 4.11. The van der Waals surface area contributed by atoms with Gasteiger partial charge in [0, 0.05) is 19.6 Å². The minimum atomic E-state index is 0. The van der Waals surface area contributed by atoms with Crippen molar-refractivity contribution in [3.8, 4) is 0 Å². The summed E-state index contributed by atoms with van der Waals surface area (Å²) in [7, 11) is 0. The van der Waals surface area contributed by atoms with Crippen molar-refractivity contribution in [1.29, 1.82) is 0 Å². The van der Waals surface area contributed by atoms with Crippen LogP contribution in [0.2, 0.25) is 0 Å². The third-order valence-electron chi connectivity index (χ3n) is 3.72. The van der Waals surface area contributed by atoms with Gasteiger partial charge in [0.1, 0.15) is 0 Å². The van der Waals surface area contributed by atoms with Gasteiger partial charge in [0.05, 0.1) is 0 Å². The normalized spacial score (nSPS) is 22.5. The van der Waals surface area contributed by atoms with E-state index in [-0.39, 0.29) is 24.0 Å². The molecule has 0 atom stereocenters. The Morgan fingerprint density at radius 3 is 2.38 bits per heavy atom. The zero-order valence-electron chi connectivity index (χ0n) is 10.0. The minimum Gasteiger partial charge on any atom is -0.370 e. The molecule has 1 heterocycles. The van der Waals surface area contributed by atoms with Gasteiger partial charge in [-0.1, -0.05) is 19.3 Å². The summed E-state index contributed by atoms with van der Waals surface area (Å²) in [6, 6.07) is 0. The fourth-order valence-electron chi connectivity index (χ4n) is 2.37. The molecule has 0 unspecified atom stereocenters. The predicted octanol–water partition coefficient (Wildman–Crippen LogP) is 2.60. The van der Waals surface area contributed by atoms with Gasteiger partial charge >= 0.3 is 0 Å². The van der Waals surface area contributed by atoms with Crippen molar-refractivity contribution >= 4 is 29.9 Å². The molecule has 0 amide bonds. The molecule has 0 spiro atoms. The molecule has 0 bridgehead atoms. The fraction of sp³-hybridized carbons (Fsp3) is 0.917. The van der Waals surface area contributed by atoms with Crippen molar-refractivity contribution in [3.05, 3.63) is 0 Å². The molecule has 1 saturated carbocycles. The maximum absolute atomic E-state index is 5.97. The molecule has 2 N–H and O–H groups in total. The Morgan fingerprint density at radius 2 is 1.81 bits per heavy atom. The molecule has 1 aliphatic carbocycles. The highest BCUT2D eigenvalue weighted by atomic mass is 127. The molecular weight excluding hydrogens is 313 g/mol. The van der Waals surface area contributed by atoms with Gasteiger partial charge in [0.2, 0.25) is 0 Å². The summed E-state index contributed by atoms with van der Waals surface area (Å²) < 4.78 is 0. The van der Waals surface area contributed by atoms with E-state index in [0.717, 1.165) is 31.5 Å². The highest BCUT2D eigenvalue weighted by molar-refractivity contribution is 14.0. The van der Waals surface area contributed by atoms with Gasteiger partial charge in [-0.15, -0.1) is 24.0 Å².